The van der Waals surface area contributed by atoms with Gasteiger partial charge in [0.15, 0.2) is 0 Å². The molecule has 21 heavy (non-hydrogen) atoms. The number of hydrogen-bond donors (Lipinski definition) is 2. The van der Waals surface area contributed by atoms with Gasteiger partial charge in [0.05, 0.1) is 6.10 Å². The van der Waals surface area contributed by atoms with Crippen molar-refractivity contribution >= 4 is 6.09 Å². The van der Waals surface area contributed by atoms with Gasteiger partial charge in [-0.25, -0.2) is 4.79 Å². The third-order valence-corrected chi connectivity index (χ3v) is 3.68. The van der Waals surface area contributed by atoms with E-state index in [-0.39, 0.29) is 11.8 Å². The Kier molecular flexibility index (Phi) is 4.51. The average molecular weight is 296 g/mol. The summed E-state index contributed by atoms with van der Waals surface area (Å²) < 4.78 is 7.07. The molecule has 1 saturated carbocycles. The van der Waals surface area contributed by atoms with Gasteiger partial charge in [-0.05, 0) is 33.6 Å². The fourth-order valence-corrected chi connectivity index (χ4v) is 2.72. The second kappa shape index (κ2) is 6.01. The van der Waals surface area contributed by atoms with E-state index in [1.54, 1.807) is 6.33 Å². The van der Waals surface area contributed by atoms with Crippen LogP contribution in [0.15, 0.2) is 6.33 Å². The number of aliphatic hydroxyl groups excluding tert-OH is 1. The van der Waals surface area contributed by atoms with Crippen molar-refractivity contribution < 1.29 is 14.6 Å². The van der Waals surface area contributed by atoms with Gasteiger partial charge in [-0.15, -0.1) is 10.2 Å². The number of carbonyl (C=O) groups is 1. The summed E-state index contributed by atoms with van der Waals surface area (Å²) in [6, 6.07) is 0. The Morgan fingerprint density at radius 2 is 2.24 bits per heavy atom. The van der Waals surface area contributed by atoms with Crippen LogP contribution in [0, 0.1) is 5.92 Å². The highest BCUT2D eigenvalue weighted by Crippen LogP contribution is 2.37. The molecule has 1 amide bonds. The molecule has 0 spiro atoms. The summed E-state index contributed by atoms with van der Waals surface area (Å²) in [5, 5.41) is 20.8. The number of aromatic nitrogens is 3. The number of aliphatic hydroxyl groups is 1. The lowest BCUT2D eigenvalue weighted by atomic mass is 10.0. The van der Waals surface area contributed by atoms with Crippen LogP contribution in [0.4, 0.5) is 4.79 Å². The van der Waals surface area contributed by atoms with Crippen LogP contribution in [0.25, 0.3) is 0 Å². The van der Waals surface area contributed by atoms with E-state index in [1.165, 1.54) is 0 Å². The van der Waals surface area contributed by atoms with Crippen LogP contribution < -0.4 is 5.32 Å². The molecule has 1 aromatic rings. The van der Waals surface area contributed by atoms with Crippen molar-refractivity contribution in [2.45, 2.75) is 51.2 Å². The first-order chi connectivity index (χ1) is 9.76. The molecule has 7 heteroatoms. The Balaban J connectivity index is 1.85. The number of rotatable bonds is 3. The largest absolute Gasteiger partial charge is 0.444 e. The number of hydrogen-bond acceptors (Lipinski definition) is 5. The second-order valence-electron chi connectivity index (χ2n) is 6.68. The van der Waals surface area contributed by atoms with E-state index in [0.29, 0.717) is 13.0 Å². The molecule has 0 saturated heterocycles. The molecule has 1 aliphatic rings. The van der Waals surface area contributed by atoms with Crippen molar-refractivity contribution in [2.24, 2.45) is 13.0 Å². The van der Waals surface area contributed by atoms with E-state index in [9.17, 15) is 9.90 Å². The van der Waals surface area contributed by atoms with Crippen molar-refractivity contribution in [3.63, 3.8) is 0 Å². The second-order valence-corrected chi connectivity index (χ2v) is 6.68. The van der Waals surface area contributed by atoms with Gasteiger partial charge in [-0.1, -0.05) is 0 Å². The molecular formula is C14H24N4O3. The number of ether oxygens (including phenoxy) is 1. The molecule has 2 N–H and O–H groups in total. The molecule has 2 rings (SSSR count). The highest BCUT2D eigenvalue weighted by Gasteiger charge is 2.36. The van der Waals surface area contributed by atoms with Gasteiger partial charge < -0.3 is 19.7 Å². The summed E-state index contributed by atoms with van der Waals surface area (Å²) >= 11 is 0. The third-order valence-electron chi connectivity index (χ3n) is 3.68. The zero-order chi connectivity index (χ0) is 15.6. The molecule has 7 nitrogen and oxygen atoms in total. The zero-order valence-electron chi connectivity index (χ0n) is 13.0. The first-order valence-electron chi connectivity index (χ1n) is 7.25. The molecule has 1 fully saturated rings. The maximum absolute atomic E-state index is 11.6. The van der Waals surface area contributed by atoms with Gasteiger partial charge in [0.2, 0.25) is 0 Å². The number of alkyl carbamates (subject to hydrolysis) is 1. The van der Waals surface area contributed by atoms with Gasteiger partial charge in [0.25, 0.3) is 0 Å². The summed E-state index contributed by atoms with van der Waals surface area (Å²) in [6.07, 6.45) is 2.20. The SMILES string of the molecule is Cn1cnnc1[C@@H]1C[C@@H](CNC(=O)OC(C)(C)C)[C@@H](O)C1. The fraction of sp³-hybridized carbons (Fsp3) is 0.786. The number of nitrogens with one attached hydrogen (secondary N) is 1. The molecular weight excluding hydrogens is 272 g/mol. The smallest absolute Gasteiger partial charge is 0.407 e. The molecule has 1 aliphatic carbocycles. The molecule has 0 unspecified atom stereocenters. The Bertz CT molecular complexity index is 495. The van der Waals surface area contributed by atoms with Crippen LogP contribution in [-0.2, 0) is 11.8 Å². The minimum Gasteiger partial charge on any atom is -0.444 e. The van der Waals surface area contributed by atoms with Gasteiger partial charge >= 0.3 is 6.09 Å². The maximum atomic E-state index is 11.6. The van der Waals surface area contributed by atoms with Crippen molar-refractivity contribution in [3.05, 3.63) is 12.2 Å². The first-order valence-corrected chi connectivity index (χ1v) is 7.25. The summed E-state index contributed by atoms with van der Waals surface area (Å²) in [6.45, 7) is 5.87. The predicted octanol–water partition coefficient (Wildman–Crippen LogP) is 1.19. The number of nitrogens with zero attached hydrogens (tertiary/aromatic N) is 3. The van der Waals surface area contributed by atoms with E-state index in [1.807, 2.05) is 32.4 Å². The van der Waals surface area contributed by atoms with Crippen LogP contribution >= 0.6 is 0 Å². The minimum absolute atomic E-state index is 0.0132. The Hall–Kier alpha value is -1.63. The lowest BCUT2D eigenvalue weighted by molar-refractivity contribution is 0.0500. The highest BCUT2D eigenvalue weighted by atomic mass is 16.6. The molecule has 0 bridgehead atoms. The molecule has 0 aromatic carbocycles. The molecule has 0 radical (unpaired) electrons. The van der Waals surface area contributed by atoms with Crippen LogP contribution in [-0.4, -0.2) is 44.2 Å². The van der Waals surface area contributed by atoms with Crippen LogP contribution in [0.2, 0.25) is 0 Å². The fourth-order valence-electron chi connectivity index (χ4n) is 2.72. The van der Waals surface area contributed by atoms with Crippen LogP contribution in [0.3, 0.4) is 0 Å². The number of aryl methyl sites for hydroxylation is 1. The standard InChI is InChI=1S/C14H24N4O3/c1-14(2,3)21-13(20)15-7-10-5-9(6-11(10)19)12-17-16-8-18(12)4/h8-11,19H,5-7H2,1-4H3,(H,15,20)/t9-,10+,11+/m1/s1. The van der Waals surface area contributed by atoms with E-state index in [2.05, 4.69) is 15.5 Å². The van der Waals surface area contributed by atoms with Crippen molar-refractivity contribution in [1.82, 2.24) is 20.1 Å². The van der Waals surface area contributed by atoms with Crippen LogP contribution in [0.5, 0.6) is 0 Å². The normalized spacial score (nSPS) is 25.9. The van der Waals surface area contributed by atoms with Gasteiger partial charge in [-0.3, -0.25) is 0 Å². The first kappa shape index (κ1) is 15.8. The monoisotopic (exact) mass is 296 g/mol. The Labute approximate surface area is 124 Å². The van der Waals surface area contributed by atoms with Crippen molar-refractivity contribution in [3.8, 4) is 0 Å². The number of amides is 1. The van der Waals surface area contributed by atoms with E-state index >= 15 is 0 Å². The lowest BCUT2D eigenvalue weighted by Crippen LogP contribution is -2.36. The summed E-state index contributed by atoms with van der Waals surface area (Å²) in [7, 11) is 1.90. The van der Waals surface area contributed by atoms with Gasteiger partial charge in [0.1, 0.15) is 17.8 Å². The summed E-state index contributed by atoms with van der Waals surface area (Å²) in [5.74, 6) is 1.07. The quantitative estimate of drug-likeness (QED) is 0.874. The Morgan fingerprint density at radius 3 is 2.81 bits per heavy atom. The van der Waals surface area contributed by atoms with E-state index < -0.39 is 17.8 Å². The van der Waals surface area contributed by atoms with Gasteiger partial charge in [-0.2, -0.15) is 0 Å². The van der Waals surface area contributed by atoms with Gasteiger partial charge in [0, 0.05) is 25.4 Å². The van der Waals surface area contributed by atoms with E-state index in [0.717, 1.165) is 12.2 Å². The summed E-state index contributed by atoms with van der Waals surface area (Å²) in [5.41, 5.74) is -0.514. The zero-order valence-corrected chi connectivity index (χ0v) is 13.0. The Morgan fingerprint density at radius 1 is 1.52 bits per heavy atom. The minimum atomic E-state index is -0.514. The molecule has 1 aromatic heterocycles. The maximum Gasteiger partial charge on any atom is 0.407 e. The lowest BCUT2D eigenvalue weighted by Gasteiger charge is -2.21. The molecule has 0 aliphatic heterocycles. The average Bonchev–Trinajstić information content (AvgIpc) is 2.90. The topological polar surface area (TPSA) is 89.3 Å². The van der Waals surface area contributed by atoms with E-state index in [4.69, 9.17) is 4.74 Å². The molecule has 3 atom stereocenters. The predicted molar refractivity (Wildman–Crippen MR) is 76.7 cm³/mol. The summed E-state index contributed by atoms with van der Waals surface area (Å²) in [4.78, 5) is 11.6. The molecule has 1 heterocycles. The molecule has 118 valence electrons. The number of carbonyl (C=O) groups excluding carboxylic acids is 1. The van der Waals surface area contributed by atoms with Crippen molar-refractivity contribution in [1.29, 1.82) is 0 Å². The third kappa shape index (κ3) is 4.17. The van der Waals surface area contributed by atoms with Crippen LogP contribution in [0.1, 0.15) is 45.4 Å². The van der Waals surface area contributed by atoms with Crippen molar-refractivity contribution in [2.75, 3.05) is 6.54 Å². The highest BCUT2D eigenvalue weighted by molar-refractivity contribution is 5.67.